The molecular formula is C16H27NO2. The van der Waals surface area contributed by atoms with E-state index in [2.05, 4.69) is 4.99 Å². The maximum atomic E-state index is 11.7. The summed E-state index contributed by atoms with van der Waals surface area (Å²) in [6.45, 7) is 2.32. The number of ether oxygens (including phenoxy) is 1. The fraction of sp³-hybridized carbons (Fsp3) is 0.875. The van der Waals surface area contributed by atoms with Crippen LogP contribution in [0.2, 0.25) is 0 Å². The first kappa shape index (κ1) is 14.5. The first-order valence-corrected chi connectivity index (χ1v) is 8.04. The molecule has 0 N–H and O–H groups in total. The SMILES string of the molecule is CCOC(=O)[C@H]1CCC(C2CCCCCCCC2)=N1. The molecule has 1 aliphatic carbocycles. The lowest BCUT2D eigenvalue weighted by molar-refractivity contribution is -0.144. The molecule has 0 bridgehead atoms. The van der Waals surface area contributed by atoms with E-state index in [1.807, 2.05) is 6.92 Å². The van der Waals surface area contributed by atoms with Crippen LogP contribution in [0.3, 0.4) is 0 Å². The third-order valence-electron chi connectivity index (χ3n) is 4.38. The lowest BCUT2D eigenvalue weighted by Gasteiger charge is -2.15. The van der Waals surface area contributed by atoms with E-state index in [4.69, 9.17) is 4.74 Å². The first-order chi connectivity index (χ1) is 9.31. The van der Waals surface area contributed by atoms with E-state index in [0.29, 0.717) is 12.5 Å². The van der Waals surface area contributed by atoms with Crippen LogP contribution in [0.4, 0.5) is 0 Å². The zero-order valence-corrected chi connectivity index (χ0v) is 12.2. The van der Waals surface area contributed by atoms with Crippen LogP contribution in [0.15, 0.2) is 4.99 Å². The molecule has 3 nitrogen and oxygen atoms in total. The zero-order chi connectivity index (χ0) is 13.5. The molecule has 19 heavy (non-hydrogen) atoms. The van der Waals surface area contributed by atoms with E-state index in [0.717, 1.165) is 12.8 Å². The van der Waals surface area contributed by atoms with Crippen LogP contribution in [0.5, 0.6) is 0 Å². The molecule has 1 atom stereocenters. The van der Waals surface area contributed by atoms with Gasteiger partial charge in [0.2, 0.25) is 0 Å². The fourth-order valence-corrected chi connectivity index (χ4v) is 3.30. The maximum absolute atomic E-state index is 11.7. The molecule has 0 aromatic rings. The molecule has 2 aliphatic rings. The molecule has 1 aliphatic heterocycles. The van der Waals surface area contributed by atoms with Crippen molar-refractivity contribution in [3.8, 4) is 0 Å². The maximum Gasteiger partial charge on any atom is 0.330 e. The van der Waals surface area contributed by atoms with Gasteiger partial charge in [-0.1, -0.05) is 38.5 Å². The largest absolute Gasteiger partial charge is 0.464 e. The average molecular weight is 265 g/mol. The Morgan fingerprint density at radius 1 is 1.11 bits per heavy atom. The highest BCUT2D eigenvalue weighted by Crippen LogP contribution is 2.28. The van der Waals surface area contributed by atoms with Crippen molar-refractivity contribution < 1.29 is 9.53 Å². The van der Waals surface area contributed by atoms with E-state index < -0.39 is 0 Å². The summed E-state index contributed by atoms with van der Waals surface area (Å²) in [4.78, 5) is 16.4. The van der Waals surface area contributed by atoms with Gasteiger partial charge in [0.25, 0.3) is 0 Å². The van der Waals surface area contributed by atoms with Crippen LogP contribution in [0.1, 0.15) is 71.1 Å². The third-order valence-corrected chi connectivity index (χ3v) is 4.38. The van der Waals surface area contributed by atoms with Crippen LogP contribution >= 0.6 is 0 Å². The molecule has 1 saturated carbocycles. The predicted octanol–water partition coefficient (Wildman–Crippen LogP) is 3.90. The van der Waals surface area contributed by atoms with Gasteiger partial charge in [-0.2, -0.15) is 0 Å². The topological polar surface area (TPSA) is 38.7 Å². The number of carbonyl (C=O) groups is 1. The van der Waals surface area contributed by atoms with Crippen molar-refractivity contribution in [2.45, 2.75) is 77.2 Å². The third kappa shape index (κ3) is 4.32. The van der Waals surface area contributed by atoms with E-state index in [-0.39, 0.29) is 12.0 Å². The standard InChI is InChI=1S/C16H27NO2/c1-2-19-16(18)15-12-11-14(17-15)13-9-7-5-3-4-6-8-10-13/h13,15H,2-12H2,1H3/t15-/m1/s1. The number of hydrogen-bond acceptors (Lipinski definition) is 3. The Morgan fingerprint density at radius 3 is 2.37 bits per heavy atom. The molecule has 1 fully saturated rings. The molecule has 108 valence electrons. The van der Waals surface area contributed by atoms with E-state index in [1.54, 1.807) is 0 Å². The number of aliphatic imine (C=N–C) groups is 1. The quantitative estimate of drug-likeness (QED) is 0.726. The van der Waals surface area contributed by atoms with Crippen molar-refractivity contribution in [1.82, 2.24) is 0 Å². The molecule has 1 heterocycles. The Bertz CT molecular complexity index is 315. The summed E-state index contributed by atoms with van der Waals surface area (Å²) in [7, 11) is 0. The van der Waals surface area contributed by atoms with E-state index >= 15 is 0 Å². The number of nitrogens with zero attached hydrogens (tertiary/aromatic N) is 1. The fourth-order valence-electron chi connectivity index (χ4n) is 3.30. The summed E-state index contributed by atoms with van der Waals surface area (Å²) in [5.41, 5.74) is 1.31. The lowest BCUT2D eigenvalue weighted by atomic mass is 9.90. The predicted molar refractivity (Wildman–Crippen MR) is 77.5 cm³/mol. The minimum absolute atomic E-state index is 0.124. The highest BCUT2D eigenvalue weighted by molar-refractivity contribution is 5.92. The molecular weight excluding hydrogens is 238 g/mol. The van der Waals surface area contributed by atoms with Crippen LogP contribution < -0.4 is 0 Å². The van der Waals surface area contributed by atoms with Crippen LogP contribution in [-0.2, 0) is 9.53 Å². The summed E-state index contributed by atoms with van der Waals surface area (Å²) in [5.74, 6) is 0.512. The second-order valence-electron chi connectivity index (χ2n) is 5.82. The Morgan fingerprint density at radius 2 is 1.74 bits per heavy atom. The number of hydrogen-bond donors (Lipinski definition) is 0. The van der Waals surface area contributed by atoms with Crippen LogP contribution in [0.25, 0.3) is 0 Å². The van der Waals surface area contributed by atoms with Gasteiger partial charge in [-0.3, -0.25) is 4.99 Å². The highest BCUT2D eigenvalue weighted by atomic mass is 16.5. The van der Waals surface area contributed by atoms with Crippen molar-refractivity contribution in [3.63, 3.8) is 0 Å². The van der Waals surface area contributed by atoms with Gasteiger partial charge >= 0.3 is 5.97 Å². The van der Waals surface area contributed by atoms with Gasteiger partial charge < -0.3 is 4.74 Å². The molecule has 0 aromatic carbocycles. The van der Waals surface area contributed by atoms with Gasteiger partial charge in [-0.05, 0) is 38.5 Å². The normalized spacial score (nSPS) is 26.2. The van der Waals surface area contributed by atoms with Gasteiger partial charge in [-0.25, -0.2) is 4.79 Å². The van der Waals surface area contributed by atoms with Gasteiger partial charge in [0.15, 0.2) is 0 Å². The molecule has 2 rings (SSSR count). The van der Waals surface area contributed by atoms with Crippen molar-refractivity contribution >= 4 is 11.7 Å². The van der Waals surface area contributed by atoms with Gasteiger partial charge in [0.1, 0.15) is 6.04 Å². The summed E-state index contributed by atoms with van der Waals surface area (Å²) in [6, 6.07) is -0.206. The smallest absolute Gasteiger partial charge is 0.330 e. The van der Waals surface area contributed by atoms with E-state index in [1.165, 1.54) is 57.1 Å². The Hall–Kier alpha value is -0.860. The summed E-state index contributed by atoms with van der Waals surface area (Å²) < 4.78 is 5.08. The molecule has 0 aromatic heterocycles. The minimum atomic E-state index is -0.206. The number of carbonyl (C=O) groups excluding carboxylic acids is 1. The average Bonchev–Trinajstić information content (AvgIpc) is 2.92. The monoisotopic (exact) mass is 265 g/mol. The van der Waals surface area contributed by atoms with Gasteiger partial charge in [-0.15, -0.1) is 0 Å². The molecule has 0 spiro atoms. The Labute approximate surface area is 116 Å². The summed E-state index contributed by atoms with van der Waals surface area (Å²) >= 11 is 0. The first-order valence-electron chi connectivity index (χ1n) is 8.04. The van der Waals surface area contributed by atoms with Gasteiger partial charge in [0.05, 0.1) is 6.61 Å². The second-order valence-corrected chi connectivity index (χ2v) is 5.82. The van der Waals surface area contributed by atoms with Crippen molar-refractivity contribution in [2.24, 2.45) is 10.9 Å². The number of esters is 1. The molecule has 0 radical (unpaired) electrons. The molecule has 0 unspecified atom stereocenters. The molecule has 0 amide bonds. The lowest BCUT2D eigenvalue weighted by Crippen LogP contribution is -2.19. The molecule has 3 heteroatoms. The van der Waals surface area contributed by atoms with Gasteiger partial charge in [0, 0.05) is 5.71 Å². The second kappa shape index (κ2) is 7.66. The minimum Gasteiger partial charge on any atom is -0.464 e. The molecule has 0 saturated heterocycles. The summed E-state index contributed by atoms with van der Waals surface area (Å²) in [5, 5.41) is 0. The van der Waals surface area contributed by atoms with Crippen molar-refractivity contribution in [3.05, 3.63) is 0 Å². The summed E-state index contributed by atoms with van der Waals surface area (Å²) in [6.07, 6.45) is 12.6. The zero-order valence-electron chi connectivity index (χ0n) is 12.2. The Balaban J connectivity index is 1.92. The van der Waals surface area contributed by atoms with Crippen molar-refractivity contribution in [2.75, 3.05) is 6.61 Å². The van der Waals surface area contributed by atoms with Crippen LogP contribution in [-0.4, -0.2) is 24.3 Å². The Kier molecular flexibility index (Phi) is 5.87. The van der Waals surface area contributed by atoms with Crippen LogP contribution in [0, 0.1) is 5.92 Å². The van der Waals surface area contributed by atoms with E-state index in [9.17, 15) is 4.79 Å². The van der Waals surface area contributed by atoms with Crippen molar-refractivity contribution in [1.29, 1.82) is 0 Å². The number of rotatable bonds is 3. The highest BCUT2D eigenvalue weighted by Gasteiger charge is 2.28.